The molecule has 2 N–H and O–H groups in total. The van der Waals surface area contributed by atoms with E-state index < -0.39 is 31.2 Å². The lowest BCUT2D eigenvalue weighted by Crippen LogP contribution is -2.45. The molecule has 126 valence electrons. The predicted molar refractivity (Wildman–Crippen MR) is 79.0 cm³/mol. The molecule has 1 aromatic carbocycles. The topological polar surface area (TPSA) is 61.4 Å². The average molecular weight is 329 g/mol. The maximum Gasteiger partial charge on any atom is 0.401 e. The number of halogens is 3. The van der Waals surface area contributed by atoms with E-state index in [9.17, 15) is 22.8 Å². The molecular formula is C15H18F3N3O2. The summed E-state index contributed by atoms with van der Waals surface area (Å²) in [5.74, 6) is -0.878. The van der Waals surface area contributed by atoms with Gasteiger partial charge in [-0.1, -0.05) is 17.7 Å². The van der Waals surface area contributed by atoms with Crippen molar-refractivity contribution in [2.24, 2.45) is 0 Å². The molecule has 1 aromatic rings. The van der Waals surface area contributed by atoms with Crippen LogP contribution in [0.4, 0.5) is 18.9 Å². The Morgan fingerprint density at radius 3 is 2.57 bits per heavy atom. The third kappa shape index (κ3) is 4.95. The highest BCUT2D eigenvalue weighted by molar-refractivity contribution is 6.01. The Hall–Kier alpha value is -2.09. The number of nitrogens with zero attached hydrogens (tertiary/aromatic N) is 1. The van der Waals surface area contributed by atoms with E-state index in [1.807, 2.05) is 36.5 Å². The summed E-state index contributed by atoms with van der Waals surface area (Å²) in [6.07, 6.45) is -3.94. The average Bonchev–Trinajstić information content (AvgIpc) is 2.80. The van der Waals surface area contributed by atoms with Gasteiger partial charge in [0.1, 0.15) is 6.04 Å². The van der Waals surface area contributed by atoms with Gasteiger partial charge in [0.2, 0.25) is 11.8 Å². The van der Waals surface area contributed by atoms with Crippen LogP contribution >= 0.6 is 0 Å². The van der Waals surface area contributed by atoms with Crippen LogP contribution < -0.4 is 15.5 Å². The van der Waals surface area contributed by atoms with Crippen LogP contribution in [0, 0.1) is 6.92 Å². The zero-order valence-electron chi connectivity index (χ0n) is 12.6. The van der Waals surface area contributed by atoms with Crippen LogP contribution in [0.3, 0.4) is 0 Å². The number of carbonyl (C=O) groups excluding carboxylic acids is 2. The molecule has 0 radical (unpaired) electrons. The molecule has 0 saturated carbocycles. The van der Waals surface area contributed by atoms with Crippen LogP contribution in [-0.2, 0) is 9.59 Å². The number of carbonyl (C=O) groups is 2. The molecule has 23 heavy (non-hydrogen) atoms. The van der Waals surface area contributed by atoms with Crippen molar-refractivity contribution in [2.45, 2.75) is 25.6 Å². The summed E-state index contributed by atoms with van der Waals surface area (Å²) in [6.45, 7) is 0.678. The maximum atomic E-state index is 12.3. The Labute approximate surface area is 131 Å². The smallest absolute Gasteiger partial charge is 0.343 e. The zero-order chi connectivity index (χ0) is 17.0. The van der Waals surface area contributed by atoms with Crippen molar-refractivity contribution in [1.29, 1.82) is 0 Å². The van der Waals surface area contributed by atoms with Crippen molar-refractivity contribution < 1.29 is 22.8 Å². The molecule has 0 aliphatic carbocycles. The minimum absolute atomic E-state index is 0.252. The zero-order valence-corrected chi connectivity index (χ0v) is 12.6. The van der Waals surface area contributed by atoms with Crippen molar-refractivity contribution in [3.05, 3.63) is 29.8 Å². The van der Waals surface area contributed by atoms with E-state index in [0.717, 1.165) is 11.3 Å². The highest BCUT2D eigenvalue weighted by atomic mass is 19.4. The summed E-state index contributed by atoms with van der Waals surface area (Å²) in [5, 5.41) is 4.47. The first-order valence-corrected chi connectivity index (χ1v) is 7.21. The molecule has 1 aliphatic heterocycles. The fraction of sp³-hybridized carbons (Fsp3) is 0.467. The lowest BCUT2D eigenvalue weighted by molar-refractivity contribution is -0.130. The van der Waals surface area contributed by atoms with Gasteiger partial charge in [-0.15, -0.1) is 0 Å². The van der Waals surface area contributed by atoms with Crippen LogP contribution in [0.15, 0.2) is 24.3 Å². The molecular weight excluding hydrogens is 311 g/mol. The molecule has 2 rings (SSSR count). The summed E-state index contributed by atoms with van der Waals surface area (Å²) in [6, 6.07) is 6.71. The molecule has 5 nitrogen and oxygen atoms in total. The highest BCUT2D eigenvalue weighted by Crippen LogP contribution is 2.21. The van der Waals surface area contributed by atoms with Gasteiger partial charge in [-0.05, 0) is 25.5 Å². The van der Waals surface area contributed by atoms with E-state index in [2.05, 4.69) is 5.32 Å². The summed E-state index contributed by atoms with van der Waals surface area (Å²) in [4.78, 5) is 25.4. The number of benzene rings is 1. The number of aryl methyl sites for hydroxylation is 1. The predicted octanol–water partition coefficient (Wildman–Crippen LogP) is 1.37. The van der Waals surface area contributed by atoms with E-state index >= 15 is 0 Å². The lowest BCUT2D eigenvalue weighted by atomic mass is 10.2. The van der Waals surface area contributed by atoms with Crippen LogP contribution in [0.25, 0.3) is 0 Å². The van der Waals surface area contributed by atoms with E-state index in [0.29, 0.717) is 13.0 Å². The maximum absolute atomic E-state index is 12.3. The second-order valence-electron chi connectivity index (χ2n) is 5.45. The van der Waals surface area contributed by atoms with Crippen molar-refractivity contribution in [1.82, 2.24) is 10.6 Å². The Morgan fingerprint density at radius 2 is 1.96 bits per heavy atom. The van der Waals surface area contributed by atoms with E-state index in [-0.39, 0.29) is 5.91 Å². The summed E-state index contributed by atoms with van der Waals surface area (Å²) in [5.41, 5.74) is 1.81. The van der Waals surface area contributed by atoms with Crippen molar-refractivity contribution in [2.75, 3.05) is 24.5 Å². The molecule has 1 heterocycles. The molecule has 0 aromatic heterocycles. The number of amides is 2. The lowest BCUT2D eigenvalue weighted by Gasteiger charge is -2.17. The number of nitrogens with one attached hydrogen (secondary N) is 2. The SMILES string of the molecule is Cc1ccc(N2CC[C@@H](NC(=O)CNCC(F)(F)F)C2=O)cc1. The largest absolute Gasteiger partial charge is 0.401 e. The molecule has 1 aliphatic rings. The second-order valence-corrected chi connectivity index (χ2v) is 5.45. The quantitative estimate of drug-likeness (QED) is 0.858. The molecule has 1 fully saturated rings. The number of alkyl halides is 3. The number of hydrogen-bond acceptors (Lipinski definition) is 3. The Morgan fingerprint density at radius 1 is 1.30 bits per heavy atom. The minimum atomic E-state index is -4.37. The van der Waals surface area contributed by atoms with Crippen molar-refractivity contribution >= 4 is 17.5 Å². The van der Waals surface area contributed by atoms with Crippen LogP contribution in [-0.4, -0.2) is 43.7 Å². The highest BCUT2D eigenvalue weighted by Gasteiger charge is 2.33. The van der Waals surface area contributed by atoms with Crippen LogP contribution in [0.5, 0.6) is 0 Å². The number of hydrogen-bond donors (Lipinski definition) is 2. The Balaban J connectivity index is 1.84. The number of rotatable bonds is 5. The van der Waals surface area contributed by atoms with E-state index in [1.54, 1.807) is 4.90 Å². The van der Waals surface area contributed by atoms with Crippen molar-refractivity contribution in [3.8, 4) is 0 Å². The van der Waals surface area contributed by atoms with Gasteiger partial charge in [-0.2, -0.15) is 13.2 Å². The minimum Gasteiger partial charge on any atom is -0.343 e. The second kappa shape index (κ2) is 6.99. The Bertz CT molecular complexity index is 572. The molecule has 0 spiro atoms. The monoisotopic (exact) mass is 329 g/mol. The number of anilines is 1. The molecule has 1 atom stereocenters. The van der Waals surface area contributed by atoms with Gasteiger partial charge in [0, 0.05) is 12.2 Å². The Kier molecular flexibility index (Phi) is 5.25. The molecule has 0 unspecified atom stereocenters. The van der Waals surface area contributed by atoms with Gasteiger partial charge in [0.15, 0.2) is 0 Å². The first-order chi connectivity index (χ1) is 10.8. The standard InChI is InChI=1S/C15H18F3N3O2/c1-10-2-4-11(5-3-10)21-7-6-12(14(21)23)20-13(22)8-19-9-15(16,17)18/h2-5,12,19H,6-9H2,1H3,(H,20,22)/t12-/m1/s1. The summed E-state index contributed by atoms with van der Waals surface area (Å²) < 4.78 is 36.0. The van der Waals surface area contributed by atoms with E-state index in [4.69, 9.17) is 0 Å². The van der Waals surface area contributed by atoms with E-state index in [1.165, 1.54) is 0 Å². The fourth-order valence-electron chi connectivity index (χ4n) is 2.36. The van der Waals surface area contributed by atoms with Gasteiger partial charge in [-0.25, -0.2) is 0 Å². The van der Waals surface area contributed by atoms with Gasteiger partial charge in [-0.3, -0.25) is 9.59 Å². The fourth-order valence-corrected chi connectivity index (χ4v) is 2.36. The third-order valence-corrected chi connectivity index (χ3v) is 3.50. The van der Waals surface area contributed by atoms with Gasteiger partial charge in [0.25, 0.3) is 0 Å². The van der Waals surface area contributed by atoms with Gasteiger partial charge in [0.05, 0.1) is 13.1 Å². The van der Waals surface area contributed by atoms with Crippen molar-refractivity contribution in [3.63, 3.8) is 0 Å². The summed E-state index contributed by atoms with van der Waals surface area (Å²) in [7, 11) is 0. The van der Waals surface area contributed by atoms with Crippen LogP contribution in [0.2, 0.25) is 0 Å². The van der Waals surface area contributed by atoms with Gasteiger partial charge < -0.3 is 15.5 Å². The summed E-state index contributed by atoms with van der Waals surface area (Å²) >= 11 is 0. The third-order valence-electron chi connectivity index (χ3n) is 3.50. The van der Waals surface area contributed by atoms with Crippen LogP contribution in [0.1, 0.15) is 12.0 Å². The van der Waals surface area contributed by atoms with Gasteiger partial charge >= 0.3 is 6.18 Å². The molecule has 8 heteroatoms. The molecule has 2 amide bonds. The first-order valence-electron chi connectivity index (χ1n) is 7.21. The molecule has 0 bridgehead atoms. The normalized spacial score (nSPS) is 18.3. The first kappa shape index (κ1) is 17.3. The molecule has 1 saturated heterocycles.